The second-order valence-electron chi connectivity index (χ2n) is 6.28. The van der Waals surface area contributed by atoms with Gasteiger partial charge in [-0.3, -0.25) is 0 Å². The molecule has 0 atom stereocenters. The minimum Gasteiger partial charge on any atom is -0.493 e. The van der Waals surface area contributed by atoms with Crippen LogP contribution in [0.1, 0.15) is 27.6 Å². The van der Waals surface area contributed by atoms with E-state index in [1.165, 1.54) is 24.3 Å². The summed E-state index contributed by atoms with van der Waals surface area (Å²) in [4.78, 5) is 24.7. The van der Waals surface area contributed by atoms with Crippen LogP contribution in [0.5, 0.6) is 17.2 Å². The molecule has 31 heavy (non-hydrogen) atoms. The molecule has 0 N–H and O–H groups in total. The Balaban J connectivity index is 1.53. The highest BCUT2D eigenvalue weighted by atomic mass is 79.9. The molecule has 6 nitrogen and oxygen atoms in total. The van der Waals surface area contributed by atoms with E-state index in [1.807, 2.05) is 37.3 Å². The van der Waals surface area contributed by atoms with E-state index in [-0.39, 0.29) is 13.2 Å². The van der Waals surface area contributed by atoms with Gasteiger partial charge in [-0.15, -0.1) is 0 Å². The Morgan fingerprint density at radius 2 is 1.55 bits per heavy atom. The summed E-state index contributed by atoms with van der Waals surface area (Å²) in [5, 5.41) is 0. The lowest BCUT2D eigenvalue weighted by Crippen LogP contribution is -2.13. The largest absolute Gasteiger partial charge is 0.493 e. The summed E-state index contributed by atoms with van der Waals surface area (Å²) in [6.07, 6.45) is 0. The summed E-state index contributed by atoms with van der Waals surface area (Å²) in [5.41, 5.74) is 0.648. The molecular formula is C24H21BrO6. The molecule has 3 rings (SSSR count). The summed E-state index contributed by atoms with van der Waals surface area (Å²) < 4.78 is 22.3. The molecule has 0 aliphatic rings. The zero-order chi connectivity index (χ0) is 22.1. The van der Waals surface area contributed by atoms with Crippen LogP contribution in [0.2, 0.25) is 0 Å². The molecule has 7 heteroatoms. The minimum atomic E-state index is -0.557. The number of hydrogen-bond acceptors (Lipinski definition) is 6. The van der Waals surface area contributed by atoms with E-state index in [0.717, 1.165) is 4.47 Å². The van der Waals surface area contributed by atoms with Gasteiger partial charge in [0, 0.05) is 4.47 Å². The average molecular weight is 485 g/mol. The second kappa shape index (κ2) is 11.2. The maximum atomic E-state index is 12.5. The van der Waals surface area contributed by atoms with Gasteiger partial charge >= 0.3 is 11.9 Å². The highest BCUT2D eigenvalue weighted by molar-refractivity contribution is 9.10. The number of ether oxygens (including phenoxy) is 4. The van der Waals surface area contributed by atoms with E-state index >= 15 is 0 Å². The first kappa shape index (κ1) is 22.4. The zero-order valence-corrected chi connectivity index (χ0v) is 18.5. The van der Waals surface area contributed by atoms with E-state index in [9.17, 15) is 9.59 Å². The number of halogens is 1. The lowest BCUT2D eigenvalue weighted by molar-refractivity contribution is 0.0450. The number of para-hydroxylation sites is 1. The van der Waals surface area contributed by atoms with Gasteiger partial charge in [0.25, 0.3) is 0 Å². The third kappa shape index (κ3) is 6.58. The average Bonchev–Trinajstić information content (AvgIpc) is 2.79. The van der Waals surface area contributed by atoms with Gasteiger partial charge < -0.3 is 18.9 Å². The quantitative estimate of drug-likeness (QED) is 0.233. The Kier molecular flexibility index (Phi) is 8.06. The van der Waals surface area contributed by atoms with Crippen LogP contribution in [-0.2, 0) is 4.74 Å². The van der Waals surface area contributed by atoms with Crippen LogP contribution in [0.4, 0.5) is 0 Å². The fourth-order valence-corrected chi connectivity index (χ4v) is 3.02. The van der Waals surface area contributed by atoms with Crippen molar-refractivity contribution in [1.82, 2.24) is 0 Å². The topological polar surface area (TPSA) is 71.1 Å². The molecule has 3 aromatic rings. The van der Waals surface area contributed by atoms with Crippen molar-refractivity contribution >= 4 is 27.9 Å². The normalized spacial score (nSPS) is 10.3. The lowest BCUT2D eigenvalue weighted by atomic mass is 10.2. The molecule has 0 bridgehead atoms. The second-order valence-corrected chi connectivity index (χ2v) is 7.20. The van der Waals surface area contributed by atoms with E-state index in [1.54, 1.807) is 18.2 Å². The van der Waals surface area contributed by atoms with Crippen molar-refractivity contribution in [2.75, 3.05) is 19.8 Å². The fourth-order valence-electron chi connectivity index (χ4n) is 2.66. The number of benzene rings is 3. The molecule has 0 fully saturated rings. The Labute approximate surface area is 188 Å². The molecule has 3 aromatic carbocycles. The van der Waals surface area contributed by atoms with Gasteiger partial charge in [0.05, 0.1) is 12.2 Å². The maximum Gasteiger partial charge on any atom is 0.347 e. The van der Waals surface area contributed by atoms with Crippen LogP contribution in [-0.4, -0.2) is 31.8 Å². The fraction of sp³-hybridized carbons (Fsp3) is 0.167. The summed E-state index contributed by atoms with van der Waals surface area (Å²) in [6, 6.07) is 20.5. The van der Waals surface area contributed by atoms with Crippen molar-refractivity contribution in [3.63, 3.8) is 0 Å². The van der Waals surface area contributed by atoms with E-state index < -0.39 is 11.9 Å². The smallest absolute Gasteiger partial charge is 0.347 e. The number of esters is 2. The van der Waals surface area contributed by atoms with Crippen LogP contribution in [0.15, 0.2) is 77.3 Å². The Hall–Kier alpha value is -3.32. The molecule has 0 spiro atoms. The summed E-state index contributed by atoms with van der Waals surface area (Å²) >= 11 is 3.34. The van der Waals surface area contributed by atoms with Gasteiger partial charge in [0.15, 0.2) is 0 Å². The lowest BCUT2D eigenvalue weighted by Gasteiger charge is -2.11. The number of carbonyl (C=O) groups is 2. The third-order valence-corrected chi connectivity index (χ3v) is 4.58. The van der Waals surface area contributed by atoms with Crippen LogP contribution >= 0.6 is 15.9 Å². The molecule has 0 amide bonds. The highest BCUT2D eigenvalue weighted by Gasteiger charge is 2.16. The zero-order valence-electron chi connectivity index (χ0n) is 16.9. The maximum absolute atomic E-state index is 12.5. The molecule has 160 valence electrons. The SMILES string of the molecule is CCOc1ccc(Br)cc1C(=O)Oc1ccc(C(=O)OCCOc2ccccc2)cc1. The predicted octanol–water partition coefficient (Wildman–Crippen LogP) is 5.30. The Morgan fingerprint density at radius 1 is 0.806 bits per heavy atom. The van der Waals surface area contributed by atoms with Crippen LogP contribution in [0.3, 0.4) is 0 Å². The van der Waals surface area contributed by atoms with E-state index in [4.69, 9.17) is 18.9 Å². The number of hydrogen-bond donors (Lipinski definition) is 0. The van der Waals surface area contributed by atoms with Gasteiger partial charge in [0.2, 0.25) is 0 Å². The van der Waals surface area contributed by atoms with E-state index in [2.05, 4.69) is 15.9 Å². The van der Waals surface area contributed by atoms with Crippen molar-refractivity contribution in [1.29, 1.82) is 0 Å². The third-order valence-electron chi connectivity index (χ3n) is 4.09. The Bertz CT molecular complexity index is 1020. The van der Waals surface area contributed by atoms with Gasteiger partial charge in [-0.2, -0.15) is 0 Å². The van der Waals surface area contributed by atoms with Crippen molar-refractivity contribution in [3.8, 4) is 17.2 Å². The van der Waals surface area contributed by atoms with Gasteiger partial charge in [-0.25, -0.2) is 9.59 Å². The molecule has 0 heterocycles. The number of rotatable bonds is 9. The van der Waals surface area contributed by atoms with Crippen molar-refractivity contribution in [2.45, 2.75) is 6.92 Å². The van der Waals surface area contributed by atoms with Crippen molar-refractivity contribution in [3.05, 3.63) is 88.4 Å². The summed E-state index contributed by atoms with van der Waals surface area (Å²) in [7, 11) is 0. The highest BCUT2D eigenvalue weighted by Crippen LogP contribution is 2.25. The molecule has 0 aromatic heterocycles. The van der Waals surface area contributed by atoms with Crippen LogP contribution in [0.25, 0.3) is 0 Å². The summed E-state index contributed by atoms with van der Waals surface area (Å²) in [6.45, 7) is 2.63. The number of carbonyl (C=O) groups excluding carboxylic acids is 2. The Morgan fingerprint density at radius 3 is 2.26 bits per heavy atom. The van der Waals surface area contributed by atoms with Crippen molar-refractivity contribution < 1.29 is 28.5 Å². The molecule has 0 saturated heterocycles. The molecule has 0 aliphatic heterocycles. The van der Waals surface area contributed by atoms with Crippen LogP contribution in [0, 0.1) is 0 Å². The molecule has 0 unspecified atom stereocenters. The van der Waals surface area contributed by atoms with E-state index in [0.29, 0.717) is 35.0 Å². The predicted molar refractivity (Wildman–Crippen MR) is 119 cm³/mol. The summed E-state index contributed by atoms with van der Waals surface area (Å²) in [5.74, 6) is 0.408. The molecule has 0 saturated carbocycles. The first-order valence-electron chi connectivity index (χ1n) is 9.66. The molecular weight excluding hydrogens is 464 g/mol. The minimum absolute atomic E-state index is 0.119. The molecule has 0 radical (unpaired) electrons. The van der Waals surface area contributed by atoms with Gasteiger partial charge in [-0.05, 0) is 61.5 Å². The van der Waals surface area contributed by atoms with Gasteiger partial charge in [0.1, 0.15) is 36.0 Å². The standard InChI is InChI=1S/C24H21BrO6/c1-2-28-22-13-10-18(25)16-21(22)24(27)31-20-11-8-17(9-12-20)23(26)30-15-14-29-19-6-4-3-5-7-19/h3-13,16H,2,14-15H2,1H3. The first-order chi connectivity index (χ1) is 15.1. The monoisotopic (exact) mass is 484 g/mol. The van der Waals surface area contributed by atoms with Gasteiger partial charge in [-0.1, -0.05) is 34.1 Å². The first-order valence-corrected chi connectivity index (χ1v) is 10.5. The van der Waals surface area contributed by atoms with Crippen molar-refractivity contribution in [2.24, 2.45) is 0 Å². The van der Waals surface area contributed by atoms with Crippen LogP contribution < -0.4 is 14.2 Å². The molecule has 0 aliphatic carbocycles.